The molecule has 1 saturated carbocycles. The molecule has 94 valence electrons. The third-order valence-electron chi connectivity index (χ3n) is 3.30. The zero-order chi connectivity index (χ0) is 12.6. The van der Waals surface area contributed by atoms with E-state index in [1.54, 1.807) is 7.05 Å². The SMILES string of the molecule is CNc1nc(N)c(C(=O)NCC2CC2(C)C)s1. The molecule has 4 N–H and O–H groups in total. The van der Waals surface area contributed by atoms with Gasteiger partial charge in [-0.25, -0.2) is 4.98 Å². The van der Waals surface area contributed by atoms with Crippen molar-refractivity contribution >= 4 is 28.2 Å². The van der Waals surface area contributed by atoms with Gasteiger partial charge in [-0.2, -0.15) is 0 Å². The molecule has 6 heteroatoms. The maximum atomic E-state index is 11.9. The van der Waals surface area contributed by atoms with Gasteiger partial charge < -0.3 is 16.4 Å². The van der Waals surface area contributed by atoms with Crippen LogP contribution in [0, 0.1) is 11.3 Å². The number of amides is 1. The zero-order valence-corrected chi connectivity index (χ0v) is 11.1. The highest BCUT2D eigenvalue weighted by Gasteiger charge is 2.45. The molecule has 1 aromatic rings. The third kappa shape index (κ3) is 2.52. The van der Waals surface area contributed by atoms with Gasteiger partial charge in [-0.05, 0) is 17.8 Å². The molecule has 1 aromatic heterocycles. The number of nitrogens with zero attached hydrogens (tertiary/aromatic N) is 1. The largest absolute Gasteiger partial charge is 0.382 e. The Balaban J connectivity index is 1.93. The van der Waals surface area contributed by atoms with Gasteiger partial charge in [-0.1, -0.05) is 25.2 Å². The fourth-order valence-electron chi connectivity index (χ4n) is 1.82. The Labute approximate surface area is 105 Å². The highest BCUT2D eigenvalue weighted by molar-refractivity contribution is 7.18. The first-order chi connectivity index (χ1) is 7.94. The lowest BCUT2D eigenvalue weighted by atomic mass is 10.1. The molecule has 1 fully saturated rings. The molecule has 1 amide bonds. The number of carbonyl (C=O) groups excluding carboxylic acids is 1. The van der Waals surface area contributed by atoms with E-state index in [4.69, 9.17) is 5.73 Å². The molecule has 1 atom stereocenters. The first-order valence-corrected chi connectivity index (χ1v) is 6.48. The molecule has 0 spiro atoms. The second kappa shape index (κ2) is 4.18. The van der Waals surface area contributed by atoms with Crippen LogP contribution in [0.25, 0.3) is 0 Å². The Morgan fingerprint density at radius 1 is 1.65 bits per heavy atom. The lowest BCUT2D eigenvalue weighted by Crippen LogP contribution is -2.26. The standard InChI is InChI=1S/C11H18N4OS/c1-11(2)4-6(11)5-14-9(16)7-8(12)15-10(13-3)17-7/h6H,4-5,12H2,1-3H3,(H,13,15)(H,14,16). The van der Waals surface area contributed by atoms with E-state index in [9.17, 15) is 4.79 Å². The molecule has 5 nitrogen and oxygen atoms in total. The molecule has 0 bridgehead atoms. The van der Waals surface area contributed by atoms with Gasteiger partial charge in [-0.15, -0.1) is 0 Å². The normalized spacial score (nSPS) is 21.0. The van der Waals surface area contributed by atoms with Crippen molar-refractivity contribution in [3.05, 3.63) is 4.88 Å². The van der Waals surface area contributed by atoms with Crippen molar-refractivity contribution in [1.82, 2.24) is 10.3 Å². The van der Waals surface area contributed by atoms with Crippen molar-refractivity contribution in [1.29, 1.82) is 0 Å². The summed E-state index contributed by atoms with van der Waals surface area (Å²) in [6.07, 6.45) is 1.17. The number of thiazole rings is 1. The Morgan fingerprint density at radius 3 is 2.76 bits per heavy atom. The Bertz CT molecular complexity index is 441. The predicted molar refractivity (Wildman–Crippen MR) is 70.3 cm³/mol. The van der Waals surface area contributed by atoms with Crippen molar-refractivity contribution in [3.63, 3.8) is 0 Å². The lowest BCUT2D eigenvalue weighted by Gasteiger charge is -2.05. The van der Waals surface area contributed by atoms with E-state index in [1.807, 2.05) is 0 Å². The zero-order valence-electron chi connectivity index (χ0n) is 10.3. The van der Waals surface area contributed by atoms with Crippen LogP contribution in [0.5, 0.6) is 0 Å². The quantitative estimate of drug-likeness (QED) is 0.761. The van der Waals surface area contributed by atoms with Gasteiger partial charge in [0.25, 0.3) is 5.91 Å². The maximum Gasteiger partial charge on any atom is 0.265 e. The van der Waals surface area contributed by atoms with Crippen molar-refractivity contribution in [2.45, 2.75) is 20.3 Å². The summed E-state index contributed by atoms with van der Waals surface area (Å²) in [6.45, 7) is 5.14. The summed E-state index contributed by atoms with van der Waals surface area (Å²) < 4.78 is 0. The smallest absolute Gasteiger partial charge is 0.265 e. The van der Waals surface area contributed by atoms with E-state index in [0.29, 0.717) is 27.2 Å². The van der Waals surface area contributed by atoms with Crippen LogP contribution in [0.1, 0.15) is 29.9 Å². The molecule has 0 saturated heterocycles. The summed E-state index contributed by atoms with van der Waals surface area (Å²) in [7, 11) is 1.76. The monoisotopic (exact) mass is 254 g/mol. The number of nitrogens with two attached hydrogens (primary N) is 1. The molecule has 1 aliphatic rings. The van der Waals surface area contributed by atoms with Crippen molar-refractivity contribution in [2.24, 2.45) is 11.3 Å². The second-order valence-electron chi connectivity index (χ2n) is 5.08. The van der Waals surface area contributed by atoms with Crippen LogP contribution < -0.4 is 16.4 Å². The van der Waals surface area contributed by atoms with Gasteiger partial charge in [0.15, 0.2) is 5.13 Å². The van der Waals surface area contributed by atoms with E-state index in [0.717, 1.165) is 6.54 Å². The van der Waals surface area contributed by atoms with E-state index in [1.165, 1.54) is 17.8 Å². The summed E-state index contributed by atoms with van der Waals surface area (Å²) in [4.78, 5) is 16.4. The minimum Gasteiger partial charge on any atom is -0.382 e. The molecule has 0 aromatic carbocycles. The van der Waals surface area contributed by atoms with Crippen LogP contribution in [-0.2, 0) is 0 Å². The molecule has 2 rings (SSSR count). The highest BCUT2D eigenvalue weighted by atomic mass is 32.1. The van der Waals surface area contributed by atoms with Crippen molar-refractivity contribution in [2.75, 3.05) is 24.6 Å². The topological polar surface area (TPSA) is 80.0 Å². The summed E-state index contributed by atoms with van der Waals surface area (Å²) in [6, 6.07) is 0. The lowest BCUT2D eigenvalue weighted by molar-refractivity contribution is 0.0955. The summed E-state index contributed by atoms with van der Waals surface area (Å²) in [5.74, 6) is 0.764. The number of anilines is 2. The number of rotatable bonds is 4. The maximum absolute atomic E-state index is 11.9. The molecule has 1 aliphatic carbocycles. The Kier molecular flexibility index (Phi) is 2.99. The van der Waals surface area contributed by atoms with Gasteiger partial charge >= 0.3 is 0 Å². The summed E-state index contributed by atoms with van der Waals surface area (Å²) >= 11 is 1.28. The molecule has 17 heavy (non-hydrogen) atoms. The van der Waals surface area contributed by atoms with Gasteiger partial charge in [0, 0.05) is 13.6 Å². The first-order valence-electron chi connectivity index (χ1n) is 5.66. The van der Waals surface area contributed by atoms with E-state index < -0.39 is 0 Å². The highest BCUT2D eigenvalue weighted by Crippen LogP contribution is 2.51. The van der Waals surface area contributed by atoms with Crippen LogP contribution in [0.4, 0.5) is 10.9 Å². The Morgan fingerprint density at radius 2 is 2.29 bits per heavy atom. The van der Waals surface area contributed by atoms with Crippen LogP contribution >= 0.6 is 11.3 Å². The Hall–Kier alpha value is -1.30. The number of aromatic nitrogens is 1. The van der Waals surface area contributed by atoms with Crippen LogP contribution in [0.15, 0.2) is 0 Å². The molecule has 1 heterocycles. The summed E-state index contributed by atoms with van der Waals surface area (Å²) in [5, 5.41) is 6.47. The van der Waals surface area contributed by atoms with E-state index in [-0.39, 0.29) is 5.91 Å². The molecular formula is C11H18N4OS. The van der Waals surface area contributed by atoms with Gasteiger partial charge in [0.05, 0.1) is 0 Å². The van der Waals surface area contributed by atoms with Gasteiger partial charge in [0.1, 0.15) is 10.7 Å². The van der Waals surface area contributed by atoms with E-state index in [2.05, 4.69) is 29.5 Å². The molecule has 0 radical (unpaired) electrons. The number of carbonyl (C=O) groups is 1. The number of nitrogen functional groups attached to an aromatic ring is 1. The summed E-state index contributed by atoms with van der Waals surface area (Å²) in [5.41, 5.74) is 6.07. The van der Waals surface area contributed by atoms with Gasteiger partial charge in [-0.3, -0.25) is 4.79 Å². The number of hydrogen-bond acceptors (Lipinski definition) is 5. The molecule has 0 aliphatic heterocycles. The fourth-order valence-corrected chi connectivity index (χ4v) is 2.58. The van der Waals surface area contributed by atoms with Gasteiger partial charge in [0.2, 0.25) is 0 Å². The predicted octanol–water partition coefficient (Wildman–Crippen LogP) is 1.54. The van der Waals surface area contributed by atoms with Crippen LogP contribution in [-0.4, -0.2) is 24.5 Å². The molecule has 1 unspecified atom stereocenters. The molecular weight excluding hydrogens is 236 g/mol. The number of nitrogens with one attached hydrogen (secondary N) is 2. The average Bonchev–Trinajstić information content (AvgIpc) is 2.70. The van der Waals surface area contributed by atoms with E-state index >= 15 is 0 Å². The third-order valence-corrected chi connectivity index (χ3v) is 4.39. The van der Waals surface area contributed by atoms with Crippen LogP contribution in [0.2, 0.25) is 0 Å². The fraction of sp³-hybridized carbons (Fsp3) is 0.636. The number of hydrogen-bond donors (Lipinski definition) is 3. The minimum atomic E-state index is -0.121. The van der Waals surface area contributed by atoms with Crippen molar-refractivity contribution in [3.8, 4) is 0 Å². The minimum absolute atomic E-state index is 0.121. The average molecular weight is 254 g/mol. The first kappa shape index (κ1) is 12.2. The van der Waals surface area contributed by atoms with Crippen LogP contribution in [0.3, 0.4) is 0 Å². The second-order valence-corrected chi connectivity index (χ2v) is 6.08. The van der Waals surface area contributed by atoms with Crippen molar-refractivity contribution < 1.29 is 4.79 Å².